The zero-order valence-electron chi connectivity index (χ0n) is 8.88. The maximum Gasteiger partial charge on any atom is 0.152 e. The Morgan fingerprint density at radius 3 is 2.93 bits per heavy atom. The zero-order chi connectivity index (χ0) is 10.8. The van der Waals surface area contributed by atoms with E-state index in [2.05, 4.69) is 19.2 Å². The highest BCUT2D eigenvalue weighted by atomic mass is 35.5. The molecule has 0 aliphatic rings. The van der Waals surface area contributed by atoms with E-state index < -0.39 is 0 Å². The van der Waals surface area contributed by atoms with Gasteiger partial charge in [-0.3, -0.25) is 0 Å². The van der Waals surface area contributed by atoms with Crippen molar-refractivity contribution < 1.29 is 4.42 Å². The SMILES string of the molecule is CC(C)NCc1coc2c(Cl)cccc12. The average Bonchev–Trinajstić information content (AvgIpc) is 2.59. The van der Waals surface area contributed by atoms with Crippen molar-refractivity contribution in [1.29, 1.82) is 0 Å². The molecule has 0 saturated carbocycles. The number of fused-ring (bicyclic) bond motifs is 1. The molecule has 0 fully saturated rings. The van der Waals surface area contributed by atoms with Gasteiger partial charge in [-0.25, -0.2) is 0 Å². The molecule has 1 N–H and O–H groups in total. The van der Waals surface area contributed by atoms with Crippen LogP contribution in [0.3, 0.4) is 0 Å². The van der Waals surface area contributed by atoms with Gasteiger partial charge < -0.3 is 9.73 Å². The van der Waals surface area contributed by atoms with Crippen LogP contribution in [-0.2, 0) is 6.54 Å². The van der Waals surface area contributed by atoms with Gasteiger partial charge in [-0.05, 0) is 6.07 Å². The Hall–Kier alpha value is -0.990. The highest BCUT2D eigenvalue weighted by molar-refractivity contribution is 6.34. The van der Waals surface area contributed by atoms with Gasteiger partial charge in [0.05, 0.1) is 11.3 Å². The van der Waals surface area contributed by atoms with Gasteiger partial charge in [-0.1, -0.05) is 37.6 Å². The molecule has 0 saturated heterocycles. The molecule has 1 heterocycles. The minimum atomic E-state index is 0.467. The molecule has 0 bridgehead atoms. The van der Waals surface area contributed by atoms with Gasteiger partial charge >= 0.3 is 0 Å². The standard InChI is InChI=1S/C12H14ClNO/c1-8(2)14-6-9-7-15-12-10(9)4-3-5-11(12)13/h3-5,7-8,14H,6H2,1-2H3. The van der Waals surface area contributed by atoms with E-state index in [9.17, 15) is 0 Å². The molecule has 0 radical (unpaired) electrons. The average molecular weight is 224 g/mol. The summed E-state index contributed by atoms with van der Waals surface area (Å²) in [5.74, 6) is 0. The molecule has 3 heteroatoms. The second-order valence-corrected chi connectivity index (χ2v) is 4.32. The van der Waals surface area contributed by atoms with E-state index in [-0.39, 0.29) is 0 Å². The smallest absolute Gasteiger partial charge is 0.152 e. The fourth-order valence-electron chi connectivity index (χ4n) is 1.53. The number of para-hydroxylation sites is 1. The number of rotatable bonds is 3. The summed E-state index contributed by atoms with van der Waals surface area (Å²) in [6, 6.07) is 6.28. The van der Waals surface area contributed by atoms with Crippen LogP contribution in [0.2, 0.25) is 5.02 Å². The molecule has 2 aromatic rings. The van der Waals surface area contributed by atoms with E-state index in [4.69, 9.17) is 16.0 Å². The van der Waals surface area contributed by atoms with Crippen LogP contribution in [0.4, 0.5) is 0 Å². The number of halogens is 1. The summed E-state index contributed by atoms with van der Waals surface area (Å²) in [5.41, 5.74) is 1.93. The molecule has 0 amide bonds. The van der Waals surface area contributed by atoms with Crippen molar-refractivity contribution in [3.8, 4) is 0 Å². The van der Waals surface area contributed by atoms with Crippen molar-refractivity contribution in [1.82, 2.24) is 5.32 Å². The third kappa shape index (κ3) is 2.16. The normalized spacial score (nSPS) is 11.5. The summed E-state index contributed by atoms with van der Waals surface area (Å²) >= 11 is 6.02. The third-order valence-electron chi connectivity index (χ3n) is 2.33. The van der Waals surface area contributed by atoms with Gasteiger partial charge in [-0.2, -0.15) is 0 Å². The Kier molecular flexibility index (Phi) is 2.98. The fraction of sp³-hybridized carbons (Fsp3) is 0.333. The lowest BCUT2D eigenvalue weighted by molar-refractivity contribution is 0.572. The molecular formula is C12H14ClNO. The first-order chi connectivity index (χ1) is 7.18. The molecular weight excluding hydrogens is 210 g/mol. The fourth-order valence-corrected chi connectivity index (χ4v) is 1.75. The van der Waals surface area contributed by atoms with Gasteiger partial charge in [0, 0.05) is 23.5 Å². The molecule has 1 aromatic heterocycles. The van der Waals surface area contributed by atoms with Crippen LogP contribution in [0.25, 0.3) is 11.0 Å². The highest BCUT2D eigenvalue weighted by Gasteiger charge is 2.08. The van der Waals surface area contributed by atoms with Crippen LogP contribution in [0.1, 0.15) is 19.4 Å². The molecule has 0 unspecified atom stereocenters. The predicted octanol–water partition coefficient (Wildman–Crippen LogP) is 3.58. The van der Waals surface area contributed by atoms with Gasteiger partial charge in [0.1, 0.15) is 0 Å². The minimum Gasteiger partial charge on any atom is -0.462 e. The van der Waals surface area contributed by atoms with Crippen molar-refractivity contribution >= 4 is 22.6 Å². The van der Waals surface area contributed by atoms with Crippen LogP contribution in [-0.4, -0.2) is 6.04 Å². The van der Waals surface area contributed by atoms with Crippen LogP contribution >= 0.6 is 11.6 Å². The minimum absolute atomic E-state index is 0.467. The first-order valence-electron chi connectivity index (χ1n) is 5.06. The second-order valence-electron chi connectivity index (χ2n) is 3.91. The summed E-state index contributed by atoms with van der Waals surface area (Å²) < 4.78 is 5.44. The van der Waals surface area contributed by atoms with E-state index in [1.807, 2.05) is 18.2 Å². The van der Waals surface area contributed by atoms with Crippen LogP contribution in [0, 0.1) is 0 Å². The van der Waals surface area contributed by atoms with Gasteiger partial charge in [0.15, 0.2) is 5.58 Å². The third-order valence-corrected chi connectivity index (χ3v) is 2.63. The highest BCUT2D eigenvalue weighted by Crippen LogP contribution is 2.27. The lowest BCUT2D eigenvalue weighted by atomic mass is 10.1. The van der Waals surface area contributed by atoms with Gasteiger partial charge in [-0.15, -0.1) is 0 Å². The Morgan fingerprint density at radius 2 is 2.20 bits per heavy atom. The van der Waals surface area contributed by atoms with Gasteiger partial charge in [0.2, 0.25) is 0 Å². The van der Waals surface area contributed by atoms with Crippen molar-refractivity contribution in [3.05, 3.63) is 35.0 Å². The summed E-state index contributed by atoms with van der Waals surface area (Å²) in [6.07, 6.45) is 1.77. The summed E-state index contributed by atoms with van der Waals surface area (Å²) in [5, 5.41) is 5.12. The molecule has 0 aliphatic heterocycles. The summed E-state index contributed by atoms with van der Waals surface area (Å²) in [6.45, 7) is 5.05. The Bertz CT molecular complexity index is 462. The Balaban J connectivity index is 2.33. The molecule has 15 heavy (non-hydrogen) atoms. The number of furan rings is 1. The number of hydrogen-bond donors (Lipinski definition) is 1. The predicted molar refractivity (Wildman–Crippen MR) is 63.2 cm³/mol. The van der Waals surface area contributed by atoms with Crippen molar-refractivity contribution in [2.75, 3.05) is 0 Å². The molecule has 0 aliphatic carbocycles. The number of hydrogen-bond acceptors (Lipinski definition) is 2. The topological polar surface area (TPSA) is 25.2 Å². The molecule has 0 atom stereocenters. The largest absolute Gasteiger partial charge is 0.462 e. The Morgan fingerprint density at radius 1 is 1.40 bits per heavy atom. The summed E-state index contributed by atoms with van der Waals surface area (Å²) in [7, 11) is 0. The van der Waals surface area contributed by atoms with E-state index in [0.717, 1.165) is 23.1 Å². The van der Waals surface area contributed by atoms with Crippen molar-refractivity contribution in [2.45, 2.75) is 26.4 Å². The van der Waals surface area contributed by atoms with Crippen LogP contribution in [0.15, 0.2) is 28.9 Å². The van der Waals surface area contributed by atoms with Crippen molar-refractivity contribution in [3.63, 3.8) is 0 Å². The maximum atomic E-state index is 6.02. The summed E-state index contributed by atoms with van der Waals surface area (Å²) in [4.78, 5) is 0. The van der Waals surface area contributed by atoms with Crippen LogP contribution < -0.4 is 5.32 Å². The van der Waals surface area contributed by atoms with E-state index >= 15 is 0 Å². The molecule has 0 spiro atoms. The van der Waals surface area contributed by atoms with Crippen molar-refractivity contribution in [2.24, 2.45) is 0 Å². The zero-order valence-corrected chi connectivity index (χ0v) is 9.64. The number of nitrogens with one attached hydrogen (secondary N) is 1. The monoisotopic (exact) mass is 223 g/mol. The molecule has 1 aromatic carbocycles. The quantitative estimate of drug-likeness (QED) is 0.861. The molecule has 80 valence electrons. The van der Waals surface area contributed by atoms with Gasteiger partial charge in [0.25, 0.3) is 0 Å². The lowest BCUT2D eigenvalue weighted by Crippen LogP contribution is -2.21. The Labute approximate surface area is 94.2 Å². The van der Waals surface area contributed by atoms with E-state index in [0.29, 0.717) is 11.1 Å². The van der Waals surface area contributed by atoms with E-state index in [1.54, 1.807) is 6.26 Å². The van der Waals surface area contributed by atoms with E-state index in [1.165, 1.54) is 0 Å². The molecule has 2 nitrogen and oxygen atoms in total. The second kappa shape index (κ2) is 4.25. The maximum absolute atomic E-state index is 6.02. The first kappa shape index (κ1) is 10.5. The lowest BCUT2D eigenvalue weighted by Gasteiger charge is -2.05. The number of benzene rings is 1. The van der Waals surface area contributed by atoms with Crippen LogP contribution in [0.5, 0.6) is 0 Å². The molecule has 2 rings (SSSR count). The first-order valence-corrected chi connectivity index (χ1v) is 5.44.